The lowest BCUT2D eigenvalue weighted by Gasteiger charge is -2.36. The molecule has 26 heavy (non-hydrogen) atoms. The number of anilines is 1. The molecule has 0 radical (unpaired) electrons. The van der Waals surface area contributed by atoms with Gasteiger partial charge in [-0.3, -0.25) is 4.79 Å². The highest BCUT2D eigenvalue weighted by atomic mass is 16.5. The molecule has 3 rings (SSSR count). The maximum atomic E-state index is 12.7. The molecule has 1 amide bonds. The average molecular weight is 354 g/mol. The molecule has 0 saturated carbocycles. The van der Waals surface area contributed by atoms with Gasteiger partial charge in [0.2, 0.25) is 0 Å². The number of hydrogen-bond acceptors (Lipinski definition) is 4. The van der Waals surface area contributed by atoms with Crippen LogP contribution in [-0.2, 0) is 11.3 Å². The summed E-state index contributed by atoms with van der Waals surface area (Å²) in [5.41, 5.74) is 2.90. The van der Waals surface area contributed by atoms with E-state index in [4.69, 9.17) is 9.47 Å². The molecule has 0 unspecified atom stereocenters. The number of piperazine rings is 1. The maximum Gasteiger partial charge on any atom is 0.253 e. The highest BCUT2D eigenvalue weighted by molar-refractivity contribution is 5.94. The minimum Gasteiger partial charge on any atom is -0.492 e. The lowest BCUT2D eigenvalue weighted by Crippen LogP contribution is -2.48. The molecule has 2 aromatic carbocycles. The van der Waals surface area contributed by atoms with Crippen molar-refractivity contribution in [3.05, 3.63) is 59.7 Å². The molecule has 138 valence electrons. The number of methoxy groups -OCH3 is 1. The van der Waals surface area contributed by atoms with E-state index in [2.05, 4.69) is 11.0 Å². The zero-order chi connectivity index (χ0) is 18.4. The first-order valence-electron chi connectivity index (χ1n) is 9.07. The minimum atomic E-state index is 0.0895. The van der Waals surface area contributed by atoms with Gasteiger partial charge in [-0.05, 0) is 36.8 Å². The largest absolute Gasteiger partial charge is 0.492 e. The van der Waals surface area contributed by atoms with Gasteiger partial charge in [-0.15, -0.1) is 0 Å². The van der Waals surface area contributed by atoms with Crippen molar-refractivity contribution in [3.8, 4) is 5.75 Å². The number of carbonyl (C=O) groups excluding carboxylic acids is 1. The highest BCUT2D eigenvalue weighted by Gasteiger charge is 2.23. The van der Waals surface area contributed by atoms with Crippen LogP contribution in [0.2, 0.25) is 0 Å². The molecule has 0 N–H and O–H groups in total. The van der Waals surface area contributed by atoms with Crippen molar-refractivity contribution in [3.63, 3.8) is 0 Å². The fraction of sp³-hybridized carbons (Fsp3) is 0.381. The number of nitrogens with zero attached hydrogens (tertiary/aromatic N) is 2. The van der Waals surface area contributed by atoms with E-state index in [1.807, 2.05) is 54.3 Å². The zero-order valence-electron chi connectivity index (χ0n) is 15.5. The van der Waals surface area contributed by atoms with Gasteiger partial charge in [0, 0.05) is 38.9 Å². The third-order valence-corrected chi connectivity index (χ3v) is 4.58. The van der Waals surface area contributed by atoms with E-state index < -0.39 is 0 Å². The molecule has 5 heteroatoms. The summed E-state index contributed by atoms with van der Waals surface area (Å²) in [6, 6.07) is 15.8. The molecule has 1 fully saturated rings. The second-order valence-electron chi connectivity index (χ2n) is 6.31. The fourth-order valence-corrected chi connectivity index (χ4v) is 3.24. The molecule has 1 aliphatic rings. The summed E-state index contributed by atoms with van der Waals surface area (Å²) in [6.07, 6.45) is 0. The number of rotatable bonds is 6. The number of carbonyl (C=O) groups is 1. The van der Waals surface area contributed by atoms with Crippen LogP contribution in [0.1, 0.15) is 22.8 Å². The molecule has 5 nitrogen and oxygen atoms in total. The van der Waals surface area contributed by atoms with Crippen LogP contribution < -0.4 is 9.64 Å². The molecule has 0 bridgehead atoms. The lowest BCUT2D eigenvalue weighted by atomic mass is 10.1. The van der Waals surface area contributed by atoms with Crippen LogP contribution in [0.3, 0.4) is 0 Å². The summed E-state index contributed by atoms with van der Waals surface area (Å²) in [6.45, 7) is 6.22. The van der Waals surface area contributed by atoms with Crippen molar-refractivity contribution in [1.29, 1.82) is 0 Å². The summed E-state index contributed by atoms with van der Waals surface area (Å²) in [7, 11) is 1.67. The minimum absolute atomic E-state index is 0.0895. The van der Waals surface area contributed by atoms with Gasteiger partial charge in [-0.2, -0.15) is 0 Å². The molecule has 0 aliphatic carbocycles. The quantitative estimate of drug-likeness (QED) is 0.799. The van der Waals surface area contributed by atoms with Gasteiger partial charge in [0.15, 0.2) is 0 Å². The first-order valence-corrected chi connectivity index (χ1v) is 9.07. The second kappa shape index (κ2) is 8.72. The standard InChI is InChI=1S/C21H26N2O3/c1-3-26-20-7-5-4-6-19(20)22-12-14-23(15-13-22)21(24)18-10-8-17(9-11-18)16-25-2/h4-11H,3,12-16H2,1-2H3. The Balaban J connectivity index is 1.62. The normalized spacial score (nSPS) is 14.4. The summed E-state index contributed by atoms with van der Waals surface area (Å²) in [4.78, 5) is 16.9. The number of benzene rings is 2. The van der Waals surface area contributed by atoms with Gasteiger partial charge in [0.25, 0.3) is 5.91 Å². The van der Waals surface area contributed by atoms with E-state index in [0.29, 0.717) is 26.3 Å². The summed E-state index contributed by atoms with van der Waals surface area (Å²) in [5.74, 6) is 0.996. The maximum absolute atomic E-state index is 12.7. The summed E-state index contributed by atoms with van der Waals surface area (Å²) >= 11 is 0. The molecule has 0 spiro atoms. The molecule has 0 aromatic heterocycles. The van der Waals surface area contributed by atoms with Crippen molar-refractivity contribution in [2.45, 2.75) is 13.5 Å². The first kappa shape index (κ1) is 18.3. The van der Waals surface area contributed by atoms with Crippen LogP contribution in [0.4, 0.5) is 5.69 Å². The monoisotopic (exact) mass is 354 g/mol. The molecular weight excluding hydrogens is 328 g/mol. The van der Waals surface area contributed by atoms with Crippen LogP contribution in [0, 0.1) is 0 Å². The molecule has 0 atom stereocenters. The van der Waals surface area contributed by atoms with Crippen LogP contribution >= 0.6 is 0 Å². The van der Waals surface area contributed by atoms with Gasteiger partial charge < -0.3 is 19.3 Å². The Morgan fingerprint density at radius 3 is 2.35 bits per heavy atom. The first-order chi connectivity index (χ1) is 12.7. The van der Waals surface area contributed by atoms with Crippen molar-refractivity contribution in [2.24, 2.45) is 0 Å². The highest BCUT2D eigenvalue weighted by Crippen LogP contribution is 2.29. The smallest absolute Gasteiger partial charge is 0.253 e. The third kappa shape index (κ3) is 4.17. The zero-order valence-corrected chi connectivity index (χ0v) is 15.5. The van der Waals surface area contributed by atoms with E-state index >= 15 is 0 Å². The molecule has 2 aromatic rings. The lowest BCUT2D eigenvalue weighted by molar-refractivity contribution is 0.0746. The van der Waals surface area contributed by atoms with Crippen molar-refractivity contribution < 1.29 is 14.3 Å². The van der Waals surface area contributed by atoms with Gasteiger partial charge >= 0.3 is 0 Å². The number of para-hydroxylation sites is 2. The topological polar surface area (TPSA) is 42.0 Å². The molecule has 1 aliphatic heterocycles. The molecular formula is C21H26N2O3. The van der Waals surface area contributed by atoms with Crippen LogP contribution in [0.15, 0.2) is 48.5 Å². The van der Waals surface area contributed by atoms with Gasteiger partial charge in [-0.1, -0.05) is 24.3 Å². The van der Waals surface area contributed by atoms with Gasteiger partial charge in [0.1, 0.15) is 5.75 Å². The van der Waals surface area contributed by atoms with Gasteiger partial charge in [0.05, 0.1) is 18.9 Å². The SMILES string of the molecule is CCOc1ccccc1N1CCN(C(=O)c2ccc(COC)cc2)CC1. The van der Waals surface area contributed by atoms with E-state index in [-0.39, 0.29) is 5.91 Å². The van der Waals surface area contributed by atoms with Crippen molar-refractivity contribution in [2.75, 3.05) is 44.8 Å². The van der Waals surface area contributed by atoms with E-state index in [9.17, 15) is 4.79 Å². The van der Waals surface area contributed by atoms with Crippen molar-refractivity contribution >= 4 is 11.6 Å². The third-order valence-electron chi connectivity index (χ3n) is 4.58. The Bertz CT molecular complexity index is 722. The van der Waals surface area contributed by atoms with Crippen LogP contribution in [-0.4, -0.2) is 50.7 Å². The molecule has 1 heterocycles. The number of hydrogen-bond donors (Lipinski definition) is 0. The number of amides is 1. The average Bonchev–Trinajstić information content (AvgIpc) is 2.69. The molecule has 1 saturated heterocycles. The predicted molar refractivity (Wildman–Crippen MR) is 103 cm³/mol. The van der Waals surface area contributed by atoms with Crippen molar-refractivity contribution in [1.82, 2.24) is 4.90 Å². The van der Waals surface area contributed by atoms with Gasteiger partial charge in [-0.25, -0.2) is 0 Å². The van der Waals surface area contributed by atoms with E-state index in [1.54, 1.807) is 7.11 Å². The van der Waals surface area contributed by atoms with Crippen LogP contribution in [0.5, 0.6) is 5.75 Å². The second-order valence-corrected chi connectivity index (χ2v) is 6.31. The van der Waals surface area contributed by atoms with E-state index in [1.165, 1.54) is 0 Å². The Kier molecular flexibility index (Phi) is 6.12. The summed E-state index contributed by atoms with van der Waals surface area (Å²) in [5, 5.41) is 0. The fourth-order valence-electron chi connectivity index (χ4n) is 3.24. The van der Waals surface area contributed by atoms with Crippen LogP contribution in [0.25, 0.3) is 0 Å². The van der Waals surface area contributed by atoms with E-state index in [0.717, 1.165) is 35.7 Å². The Labute approximate surface area is 155 Å². The number of ether oxygens (including phenoxy) is 2. The Morgan fingerprint density at radius 2 is 1.69 bits per heavy atom. The Hall–Kier alpha value is -2.53. The predicted octanol–water partition coefficient (Wildman–Crippen LogP) is 3.19. The summed E-state index contributed by atoms with van der Waals surface area (Å²) < 4.78 is 10.8. The Morgan fingerprint density at radius 1 is 1.00 bits per heavy atom.